The zero-order chi connectivity index (χ0) is 43.9. The highest BCUT2D eigenvalue weighted by Crippen LogP contribution is 2.71. The quantitative estimate of drug-likeness (QED) is 0.181. The minimum absolute atomic E-state index is 0.00175. The van der Waals surface area contributed by atoms with E-state index in [1.54, 1.807) is 0 Å². The van der Waals surface area contributed by atoms with Gasteiger partial charge >= 0.3 is 10.4 Å². The molecule has 0 bridgehead atoms. The van der Waals surface area contributed by atoms with Crippen molar-refractivity contribution >= 4 is 10.4 Å². The molecule has 0 aromatic carbocycles. The van der Waals surface area contributed by atoms with Gasteiger partial charge in [-0.25, -0.2) is 8.37 Å². The van der Waals surface area contributed by atoms with Crippen molar-refractivity contribution in [1.82, 2.24) is 0 Å². The molecule has 0 amide bonds. The van der Waals surface area contributed by atoms with Crippen LogP contribution in [-0.4, -0.2) is 43.0 Å². The molecular formula is C54H94O6S. The van der Waals surface area contributed by atoms with Crippen LogP contribution in [0.3, 0.4) is 0 Å². The highest BCUT2D eigenvalue weighted by atomic mass is 32.3. The lowest BCUT2D eigenvalue weighted by molar-refractivity contribution is -0.176. The van der Waals surface area contributed by atoms with E-state index in [0.29, 0.717) is 59.2 Å². The van der Waals surface area contributed by atoms with Gasteiger partial charge in [-0.05, 0) is 207 Å². The maximum Gasteiger partial charge on any atom is 0.400 e. The van der Waals surface area contributed by atoms with E-state index >= 15 is 0 Å². The standard InChI is InChI=1S/C54H94O6S/c1-33(2)13-11-15-35(5)41-17-19-43-39-31-49(47-29-37(55)21-25-53(47,9)45(39)23-27-51(41,43)7)59-61(57,58)60-50-32-40-44-20-18-42(36(6)16-12-14-34(3)4)52(44,8)28-24-46(40)54(10)26-22-38(56)30-48(50)54/h33-50,55-56H,11-32H2,1-10H3/t35-,36-,37?,38?,39+,40+,41-,42-,43+,44+,45+,46+,47?,48?,49?,50?,51-,52-,53-,54-/m1/s1. The molecule has 8 fully saturated rings. The first-order valence-electron chi connectivity index (χ1n) is 26.7. The third kappa shape index (κ3) is 8.67. The van der Waals surface area contributed by atoms with E-state index in [9.17, 15) is 18.6 Å². The summed E-state index contributed by atoms with van der Waals surface area (Å²) >= 11 is 0. The predicted octanol–water partition coefficient (Wildman–Crippen LogP) is 13.2. The summed E-state index contributed by atoms with van der Waals surface area (Å²) < 4.78 is 42.8. The maximum atomic E-state index is 14.8. The first-order chi connectivity index (χ1) is 28.7. The molecule has 0 saturated heterocycles. The van der Waals surface area contributed by atoms with Gasteiger partial charge in [0, 0.05) is 0 Å². The van der Waals surface area contributed by atoms with Crippen LogP contribution < -0.4 is 0 Å². The lowest BCUT2D eigenvalue weighted by Gasteiger charge is -2.63. The third-order valence-electron chi connectivity index (χ3n) is 22.1. The molecule has 0 aromatic rings. The second-order valence-electron chi connectivity index (χ2n) is 26.0. The van der Waals surface area contributed by atoms with Gasteiger partial charge in [-0.1, -0.05) is 108 Å². The van der Waals surface area contributed by atoms with Crippen LogP contribution in [0.1, 0.15) is 210 Å². The smallest absolute Gasteiger partial charge is 0.393 e. The van der Waals surface area contributed by atoms with Crippen molar-refractivity contribution in [3.8, 4) is 0 Å². The molecule has 352 valence electrons. The summed E-state index contributed by atoms with van der Waals surface area (Å²) in [7, 11) is -4.37. The molecule has 0 aliphatic heterocycles. The molecule has 8 aliphatic carbocycles. The van der Waals surface area contributed by atoms with Crippen molar-refractivity contribution in [2.75, 3.05) is 0 Å². The van der Waals surface area contributed by atoms with E-state index in [-0.39, 0.29) is 22.7 Å². The summed E-state index contributed by atoms with van der Waals surface area (Å²) in [5, 5.41) is 22.3. The minimum atomic E-state index is -4.37. The van der Waals surface area contributed by atoms with Crippen molar-refractivity contribution < 1.29 is 27.0 Å². The van der Waals surface area contributed by atoms with Crippen LogP contribution >= 0.6 is 0 Å². The monoisotopic (exact) mass is 871 g/mol. The molecule has 0 radical (unpaired) electrons. The molecule has 7 heteroatoms. The molecule has 0 aromatic heterocycles. The van der Waals surface area contributed by atoms with E-state index in [1.165, 1.54) is 89.9 Å². The largest absolute Gasteiger partial charge is 0.400 e. The average Bonchev–Trinajstić information content (AvgIpc) is 3.72. The van der Waals surface area contributed by atoms with E-state index in [2.05, 4.69) is 69.2 Å². The van der Waals surface area contributed by atoms with E-state index in [1.807, 2.05) is 0 Å². The van der Waals surface area contributed by atoms with Crippen molar-refractivity contribution in [3.63, 3.8) is 0 Å². The molecular weight excluding hydrogens is 777 g/mol. The lowest BCUT2D eigenvalue weighted by Crippen LogP contribution is -2.60. The second-order valence-corrected chi connectivity index (χ2v) is 27.2. The fraction of sp³-hybridized carbons (Fsp3) is 1.00. The number of fused-ring (bicyclic) bond motifs is 10. The fourth-order valence-electron chi connectivity index (χ4n) is 19.1. The van der Waals surface area contributed by atoms with Gasteiger partial charge in [0.25, 0.3) is 0 Å². The van der Waals surface area contributed by atoms with Crippen molar-refractivity contribution in [2.45, 2.75) is 235 Å². The zero-order valence-electron chi connectivity index (χ0n) is 40.9. The zero-order valence-corrected chi connectivity index (χ0v) is 41.7. The second kappa shape index (κ2) is 17.8. The van der Waals surface area contributed by atoms with Crippen LogP contribution in [0.4, 0.5) is 0 Å². The molecule has 20 atom stereocenters. The van der Waals surface area contributed by atoms with E-state index in [4.69, 9.17) is 8.37 Å². The summed E-state index contributed by atoms with van der Waals surface area (Å²) in [6.45, 7) is 24.6. The number of aliphatic hydroxyl groups excluding tert-OH is 2. The van der Waals surface area contributed by atoms with Gasteiger partial charge in [-0.3, -0.25) is 0 Å². The molecule has 8 aliphatic rings. The van der Waals surface area contributed by atoms with E-state index in [0.717, 1.165) is 74.0 Å². The Labute approximate surface area is 375 Å². The van der Waals surface area contributed by atoms with Crippen LogP contribution in [0, 0.1) is 105 Å². The van der Waals surface area contributed by atoms with Gasteiger partial charge in [-0.15, -0.1) is 0 Å². The van der Waals surface area contributed by atoms with Gasteiger partial charge in [0.15, 0.2) is 0 Å². The van der Waals surface area contributed by atoms with Gasteiger partial charge in [0.2, 0.25) is 0 Å². The van der Waals surface area contributed by atoms with Gasteiger partial charge in [0.05, 0.1) is 24.4 Å². The molecule has 61 heavy (non-hydrogen) atoms. The third-order valence-corrected chi connectivity index (χ3v) is 23.1. The Bertz CT molecular complexity index is 1500. The molecule has 0 spiro atoms. The lowest BCUT2D eigenvalue weighted by atomic mass is 9.43. The van der Waals surface area contributed by atoms with Crippen LogP contribution in [0.5, 0.6) is 0 Å². The summed E-state index contributed by atoms with van der Waals surface area (Å²) in [4.78, 5) is 0. The molecule has 2 N–H and O–H groups in total. The SMILES string of the molecule is CC(C)CCC[C@@H](C)[C@H]1CC[C@H]2[C@@H]3CC(OS(=O)(=O)OC4C[C@H]5[C@@H]6CC[C@H]([C@H](C)CCCC(C)C)[C@@]6(C)CC[C@@H]5[C@@]5(C)CCC(O)CC45)C4CC(O)CC[C@]4(C)[C@H]3CC[C@]12C. The summed E-state index contributed by atoms with van der Waals surface area (Å²) in [5.41, 5.74) is 0.485. The minimum Gasteiger partial charge on any atom is -0.393 e. The van der Waals surface area contributed by atoms with Crippen molar-refractivity contribution in [3.05, 3.63) is 0 Å². The van der Waals surface area contributed by atoms with E-state index < -0.39 is 34.8 Å². The Morgan fingerprint density at radius 3 is 1.21 bits per heavy atom. The topological polar surface area (TPSA) is 93.1 Å². The molecule has 6 nitrogen and oxygen atoms in total. The van der Waals surface area contributed by atoms with Crippen LogP contribution in [0.25, 0.3) is 0 Å². The Balaban J connectivity index is 1.02. The molecule has 8 saturated carbocycles. The van der Waals surface area contributed by atoms with Crippen LogP contribution in [-0.2, 0) is 18.8 Å². The Kier molecular flexibility index (Phi) is 13.8. The van der Waals surface area contributed by atoms with Crippen molar-refractivity contribution in [2.24, 2.45) is 105 Å². The normalized spacial score (nSPS) is 49.3. The Hall–Kier alpha value is -0.210. The number of rotatable bonds is 14. The van der Waals surface area contributed by atoms with Gasteiger partial charge in [-0.2, -0.15) is 8.42 Å². The first-order valence-corrected chi connectivity index (χ1v) is 28.0. The molecule has 6 unspecified atom stereocenters. The summed E-state index contributed by atoms with van der Waals surface area (Å²) in [6, 6.07) is 0. The molecule has 0 heterocycles. The first kappa shape index (κ1) is 47.3. The number of aliphatic hydroxyl groups is 2. The Morgan fingerprint density at radius 2 is 0.836 bits per heavy atom. The number of hydrogen-bond donors (Lipinski definition) is 2. The highest BCUT2D eigenvalue weighted by molar-refractivity contribution is 7.81. The van der Waals surface area contributed by atoms with Gasteiger partial charge < -0.3 is 10.2 Å². The van der Waals surface area contributed by atoms with Gasteiger partial charge in [0.1, 0.15) is 0 Å². The summed E-state index contributed by atoms with van der Waals surface area (Å²) in [5.74, 6) is 7.60. The van der Waals surface area contributed by atoms with Crippen LogP contribution in [0.15, 0.2) is 0 Å². The molecule has 8 rings (SSSR count). The fourth-order valence-corrected chi connectivity index (χ4v) is 20.2. The number of hydrogen-bond acceptors (Lipinski definition) is 6. The summed E-state index contributed by atoms with van der Waals surface area (Å²) in [6.07, 6.45) is 22.5. The maximum absolute atomic E-state index is 14.8. The Morgan fingerprint density at radius 1 is 0.475 bits per heavy atom. The average molecular weight is 871 g/mol. The highest BCUT2D eigenvalue weighted by Gasteiger charge is 2.65. The van der Waals surface area contributed by atoms with Crippen LogP contribution in [0.2, 0.25) is 0 Å². The van der Waals surface area contributed by atoms with Crippen molar-refractivity contribution in [1.29, 1.82) is 0 Å². The predicted molar refractivity (Wildman–Crippen MR) is 248 cm³/mol.